The van der Waals surface area contributed by atoms with Gasteiger partial charge in [-0.2, -0.15) is 0 Å². The Labute approximate surface area is 106 Å². The third-order valence-corrected chi connectivity index (χ3v) is 3.24. The lowest BCUT2D eigenvalue weighted by molar-refractivity contribution is 0.212. The molecule has 1 N–H and O–H groups in total. The van der Waals surface area contributed by atoms with Gasteiger partial charge in [0.05, 0.1) is 29.4 Å². The molecule has 0 aliphatic carbocycles. The van der Waals surface area contributed by atoms with Crippen molar-refractivity contribution in [3.05, 3.63) is 28.2 Å². The number of fused-ring (bicyclic) bond motifs is 1. The van der Waals surface area contributed by atoms with Crippen LogP contribution in [-0.4, -0.2) is 29.1 Å². The first kappa shape index (κ1) is 11.2. The summed E-state index contributed by atoms with van der Waals surface area (Å²) in [4.78, 5) is 16.1. The normalized spacial score (nSPS) is 17.4. The highest BCUT2D eigenvalue weighted by atomic mass is 127. The number of pyridine rings is 1. The summed E-state index contributed by atoms with van der Waals surface area (Å²) in [6.07, 6.45) is 2.22. The number of hydrogen-bond acceptors (Lipinski definition) is 5. The van der Waals surface area contributed by atoms with Gasteiger partial charge in [-0.1, -0.05) is 5.16 Å². The molecule has 16 heavy (non-hydrogen) atoms. The molecule has 0 bridgehead atoms. The minimum atomic E-state index is -0.415. The van der Waals surface area contributed by atoms with E-state index in [1.165, 1.54) is 13.2 Å². The molecule has 0 spiro atoms. The van der Waals surface area contributed by atoms with Gasteiger partial charge in [0.2, 0.25) is 5.43 Å². The number of hydrogen-bond donors (Lipinski definition) is 1. The minimum Gasteiger partial charge on any atom is -0.503 e. The van der Waals surface area contributed by atoms with Gasteiger partial charge in [-0.25, -0.2) is 0 Å². The van der Waals surface area contributed by atoms with Crippen LogP contribution in [0.15, 0.2) is 22.2 Å². The van der Waals surface area contributed by atoms with E-state index in [2.05, 4.69) is 28.0 Å². The first-order valence-electron chi connectivity index (χ1n) is 4.63. The first-order chi connectivity index (χ1) is 7.65. The van der Waals surface area contributed by atoms with Crippen LogP contribution >= 0.6 is 22.9 Å². The molecule has 86 valence electrons. The fourth-order valence-electron chi connectivity index (χ4n) is 1.59. The molecule has 2 heterocycles. The summed E-state index contributed by atoms with van der Waals surface area (Å²) in [6, 6.07) is 1.32. The molecule has 1 aliphatic rings. The zero-order chi connectivity index (χ0) is 11.7. The average Bonchev–Trinajstić information content (AvgIpc) is 2.27. The summed E-state index contributed by atoms with van der Waals surface area (Å²) >= 11 is 2.10. The van der Waals surface area contributed by atoms with Crippen LogP contribution in [0.3, 0.4) is 0 Å². The van der Waals surface area contributed by atoms with E-state index in [1.807, 2.05) is 3.22 Å². The van der Waals surface area contributed by atoms with E-state index in [9.17, 15) is 9.90 Å². The van der Waals surface area contributed by atoms with Crippen LogP contribution in [0.5, 0.6) is 5.75 Å². The van der Waals surface area contributed by atoms with Gasteiger partial charge in [0.1, 0.15) is 18.5 Å². The van der Waals surface area contributed by atoms with E-state index in [-0.39, 0.29) is 5.75 Å². The number of rotatable bonds is 1. The largest absolute Gasteiger partial charge is 0.503 e. The Balaban J connectivity index is 2.67. The highest BCUT2D eigenvalue weighted by Crippen LogP contribution is 2.21. The fraction of sp³-hybridized carbons (Fsp3) is 0.333. The number of nitrogens with zero attached hydrogens (tertiary/aromatic N) is 3. The van der Waals surface area contributed by atoms with Crippen molar-refractivity contribution < 1.29 is 9.94 Å². The zero-order valence-corrected chi connectivity index (χ0v) is 10.7. The van der Waals surface area contributed by atoms with Crippen LogP contribution in [0.4, 0.5) is 0 Å². The maximum atomic E-state index is 11.4. The summed E-state index contributed by atoms with van der Waals surface area (Å²) in [6.45, 7) is 0.734. The molecule has 1 aliphatic heterocycles. The van der Waals surface area contributed by atoms with Gasteiger partial charge in [0.15, 0.2) is 5.75 Å². The molecule has 1 aromatic rings. The lowest BCUT2D eigenvalue weighted by atomic mass is 10.1. The molecule has 6 nitrogen and oxygen atoms in total. The van der Waals surface area contributed by atoms with E-state index < -0.39 is 5.43 Å². The highest BCUT2D eigenvalue weighted by molar-refractivity contribution is 14.1. The molecule has 0 saturated heterocycles. The molecule has 7 heteroatoms. The number of halogens is 1. The number of oxime groups is 1. The summed E-state index contributed by atoms with van der Waals surface area (Å²) in [5.41, 5.74) is 0.558. The summed E-state index contributed by atoms with van der Waals surface area (Å²) in [7, 11) is 1.44. The van der Waals surface area contributed by atoms with Crippen molar-refractivity contribution in [2.24, 2.45) is 5.16 Å². The Morgan fingerprint density at radius 1 is 1.62 bits per heavy atom. The predicted octanol–water partition coefficient (Wildman–Crippen LogP) is 0.596. The molecule has 0 unspecified atom stereocenters. The van der Waals surface area contributed by atoms with E-state index >= 15 is 0 Å². The third kappa shape index (κ3) is 1.75. The molecule has 0 aromatic carbocycles. The third-order valence-electron chi connectivity index (χ3n) is 2.30. The van der Waals surface area contributed by atoms with Gasteiger partial charge >= 0.3 is 0 Å². The first-order valence-corrected chi connectivity index (χ1v) is 5.60. The maximum absolute atomic E-state index is 11.4. The van der Waals surface area contributed by atoms with Crippen LogP contribution in [0.25, 0.3) is 0 Å². The van der Waals surface area contributed by atoms with Gasteiger partial charge in [-0.3, -0.25) is 12.7 Å². The summed E-state index contributed by atoms with van der Waals surface area (Å²) in [5.74, 6) is -0.292. The van der Waals surface area contributed by atoms with Gasteiger partial charge in [-0.05, 0) is 0 Å². The monoisotopic (exact) mass is 335 g/mol. The van der Waals surface area contributed by atoms with Crippen molar-refractivity contribution in [1.82, 2.24) is 4.68 Å². The van der Waals surface area contributed by atoms with Crippen LogP contribution < -0.4 is 8.65 Å². The number of aromatic hydroxyl groups is 1. The van der Waals surface area contributed by atoms with Gasteiger partial charge < -0.3 is 9.94 Å². The molecule has 2 rings (SSSR count). The van der Waals surface area contributed by atoms with Gasteiger partial charge in [-0.15, -0.1) is 0 Å². The maximum Gasteiger partial charge on any atom is 0.224 e. The molecule has 0 atom stereocenters. The fourth-order valence-corrected chi connectivity index (χ4v) is 2.19. The summed E-state index contributed by atoms with van der Waals surface area (Å²) < 4.78 is 3.54. The molecular formula is C9H10IN3O3. The Hall–Kier alpha value is -1.25. The average molecular weight is 335 g/mol. The zero-order valence-electron chi connectivity index (χ0n) is 8.55. The van der Waals surface area contributed by atoms with Crippen molar-refractivity contribution in [1.29, 1.82) is 0 Å². The van der Waals surface area contributed by atoms with Gasteiger partial charge in [0, 0.05) is 18.7 Å². The van der Waals surface area contributed by atoms with Crippen LogP contribution in [0.1, 0.15) is 12.1 Å². The van der Waals surface area contributed by atoms with E-state index in [0.717, 1.165) is 6.54 Å². The molecular weight excluding hydrogens is 325 g/mol. The molecule has 0 fully saturated rings. The van der Waals surface area contributed by atoms with E-state index in [0.29, 0.717) is 17.8 Å². The Kier molecular flexibility index (Phi) is 3.03. The van der Waals surface area contributed by atoms with Crippen molar-refractivity contribution in [2.75, 3.05) is 16.9 Å². The van der Waals surface area contributed by atoms with Crippen molar-refractivity contribution in [3.8, 4) is 5.75 Å². The van der Waals surface area contributed by atoms with Crippen molar-refractivity contribution >= 4 is 28.6 Å². The number of aromatic nitrogens is 1. The SMILES string of the molecule is CO/N=C1\CCN(I)n2ccc(=O)c(O)c21. The summed E-state index contributed by atoms with van der Waals surface area (Å²) in [5, 5.41) is 13.6. The van der Waals surface area contributed by atoms with E-state index in [1.54, 1.807) is 10.9 Å². The van der Waals surface area contributed by atoms with Crippen molar-refractivity contribution in [3.63, 3.8) is 0 Å². The Bertz CT molecular complexity index is 497. The highest BCUT2D eigenvalue weighted by Gasteiger charge is 2.24. The second-order valence-electron chi connectivity index (χ2n) is 3.25. The van der Waals surface area contributed by atoms with Crippen LogP contribution in [0.2, 0.25) is 0 Å². The van der Waals surface area contributed by atoms with Crippen molar-refractivity contribution in [2.45, 2.75) is 6.42 Å². The van der Waals surface area contributed by atoms with Crippen LogP contribution in [-0.2, 0) is 4.84 Å². The lowest BCUT2D eigenvalue weighted by Crippen LogP contribution is -2.37. The lowest BCUT2D eigenvalue weighted by Gasteiger charge is -2.28. The molecule has 0 saturated carbocycles. The minimum absolute atomic E-state index is 0.292. The van der Waals surface area contributed by atoms with Gasteiger partial charge in [0.25, 0.3) is 0 Å². The Morgan fingerprint density at radius 2 is 2.38 bits per heavy atom. The molecule has 0 amide bonds. The van der Waals surface area contributed by atoms with E-state index in [4.69, 9.17) is 4.84 Å². The quantitative estimate of drug-likeness (QED) is 0.464. The predicted molar refractivity (Wildman–Crippen MR) is 67.6 cm³/mol. The second-order valence-corrected chi connectivity index (χ2v) is 4.37. The standard InChI is InChI=1S/C9H10IN3O3/c1-16-11-6-2-5-13(10)12-4-3-7(14)9(15)8(6)12/h3-4,15H,2,5H2,1H3/b11-6+. The second kappa shape index (κ2) is 4.32. The molecule has 1 aromatic heterocycles. The smallest absolute Gasteiger partial charge is 0.224 e. The molecule has 0 radical (unpaired) electrons. The topological polar surface area (TPSA) is 67.1 Å². The Morgan fingerprint density at radius 3 is 3.06 bits per heavy atom. The van der Waals surface area contributed by atoms with Crippen LogP contribution in [0, 0.1) is 0 Å².